The molecule has 4 rings (SSSR count). The van der Waals surface area contributed by atoms with Crippen molar-refractivity contribution in [2.45, 2.75) is 18.9 Å². The van der Waals surface area contributed by atoms with E-state index in [1.807, 2.05) is 54.6 Å². The van der Waals surface area contributed by atoms with Crippen LogP contribution in [0.15, 0.2) is 60.8 Å². The summed E-state index contributed by atoms with van der Waals surface area (Å²) in [7, 11) is 0. The molecular formula is C21H20N2O3. The zero-order valence-electron chi connectivity index (χ0n) is 14.4. The maximum atomic E-state index is 12.6. The lowest BCUT2D eigenvalue weighted by molar-refractivity contribution is -0.128. The maximum Gasteiger partial charge on any atom is 0.295 e. The fourth-order valence-corrected chi connectivity index (χ4v) is 3.39. The van der Waals surface area contributed by atoms with Crippen LogP contribution in [-0.4, -0.2) is 40.8 Å². The molecule has 0 atom stereocenters. The predicted molar refractivity (Wildman–Crippen MR) is 99.3 cm³/mol. The van der Waals surface area contributed by atoms with Crippen molar-refractivity contribution in [1.29, 1.82) is 0 Å². The lowest BCUT2D eigenvalue weighted by Gasteiger charge is -2.31. The highest BCUT2D eigenvalue weighted by Gasteiger charge is 2.29. The molecule has 1 N–H and O–H groups in total. The molecule has 2 heterocycles. The number of nitrogens with one attached hydrogen (secondary N) is 1. The Balaban J connectivity index is 1.39. The van der Waals surface area contributed by atoms with Crippen molar-refractivity contribution in [3.63, 3.8) is 0 Å². The Hall–Kier alpha value is -3.08. The van der Waals surface area contributed by atoms with E-state index in [9.17, 15) is 9.59 Å². The van der Waals surface area contributed by atoms with Crippen molar-refractivity contribution in [2.75, 3.05) is 13.1 Å². The van der Waals surface area contributed by atoms with E-state index in [2.05, 4.69) is 4.98 Å². The van der Waals surface area contributed by atoms with Gasteiger partial charge in [-0.1, -0.05) is 36.4 Å². The van der Waals surface area contributed by atoms with Crippen LogP contribution in [0.3, 0.4) is 0 Å². The van der Waals surface area contributed by atoms with E-state index in [1.54, 1.807) is 11.1 Å². The maximum absolute atomic E-state index is 12.6. The summed E-state index contributed by atoms with van der Waals surface area (Å²) in [6, 6.07) is 17.2. The molecule has 1 amide bonds. The van der Waals surface area contributed by atoms with Crippen molar-refractivity contribution >= 4 is 22.6 Å². The second kappa shape index (κ2) is 7.04. The number of ketones is 1. The second-order valence-electron chi connectivity index (χ2n) is 6.50. The van der Waals surface area contributed by atoms with Gasteiger partial charge in [0.25, 0.3) is 11.7 Å². The number of fused-ring (bicyclic) bond motifs is 1. The molecule has 1 aliphatic heterocycles. The number of H-pyrrole nitrogens is 1. The van der Waals surface area contributed by atoms with Gasteiger partial charge in [-0.3, -0.25) is 9.59 Å². The number of carbonyl (C=O) groups excluding carboxylic acids is 2. The minimum Gasteiger partial charge on any atom is -0.490 e. The normalized spacial score (nSPS) is 15.2. The van der Waals surface area contributed by atoms with Gasteiger partial charge in [0.15, 0.2) is 0 Å². The Labute approximate surface area is 151 Å². The van der Waals surface area contributed by atoms with Crippen molar-refractivity contribution < 1.29 is 14.3 Å². The number of benzene rings is 2. The first-order valence-electron chi connectivity index (χ1n) is 8.84. The molecule has 1 fully saturated rings. The Bertz CT molecular complexity index is 925. The quantitative estimate of drug-likeness (QED) is 0.580. The van der Waals surface area contributed by atoms with E-state index in [4.69, 9.17) is 4.74 Å². The van der Waals surface area contributed by atoms with Gasteiger partial charge in [0.1, 0.15) is 11.9 Å². The first-order valence-corrected chi connectivity index (χ1v) is 8.84. The average molecular weight is 348 g/mol. The summed E-state index contributed by atoms with van der Waals surface area (Å²) in [5, 5.41) is 0.785. The van der Waals surface area contributed by atoms with Gasteiger partial charge >= 0.3 is 0 Å². The van der Waals surface area contributed by atoms with Crippen LogP contribution in [0.5, 0.6) is 5.75 Å². The fourth-order valence-electron chi connectivity index (χ4n) is 3.39. The number of piperidine rings is 1. The standard InChI is InChI=1S/C21H20N2O3/c24-20(18-14-22-19-9-5-4-8-17(18)19)21(25)23-12-10-16(11-13-23)26-15-6-2-1-3-7-15/h1-9,14,16,22H,10-13H2. The van der Waals surface area contributed by atoms with Crippen molar-refractivity contribution in [3.8, 4) is 5.75 Å². The summed E-state index contributed by atoms with van der Waals surface area (Å²) in [5.74, 6) is -0.0510. The third-order valence-corrected chi connectivity index (χ3v) is 4.80. The number of amides is 1. The number of rotatable bonds is 4. The molecule has 0 spiro atoms. The molecule has 2 aromatic carbocycles. The highest BCUT2D eigenvalue weighted by molar-refractivity contribution is 6.44. The SMILES string of the molecule is O=C(C(=O)N1CCC(Oc2ccccc2)CC1)c1c[nH]c2ccccc12. The van der Waals surface area contributed by atoms with Gasteiger partial charge in [0, 0.05) is 43.0 Å². The highest BCUT2D eigenvalue weighted by Crippen LogP contribution is 2.22. The van der Waals surface area contributed by atoms with Gasteiger partial charge in [0.2, 0.25) is 0 Å². The molecule has 1 aliphatic rings. The number of aromatic nitrogens is 1. The van der Waals surface area contributed by atoms with E-state index < -0.39 is 11.7 Å². The van der Waals surface area contributed by atoms with Crippen LogP contribution < -0.4 is 4.74 Å². The molecule has 1 aromatic heterocycles. The average Bonchev–Trinajstić information content (AvgIpc) is 3.12. The van der Waals surface area contributed by atoms with Gasteiger partial charge in [0.05, 0.1) is 5.56 Å². The lowest BCUT2D eigenvalue weighted by Crippen LogP contribution is -2.44. The Kier molecular flexibility index (Phi) is 4.44. The highest BCUT2D eigenvalue weighted by atomic mass is 16.5. The minimum absolute atomic E-state index is 0.0737. The number of likely N-dealkylation sites (tertiary alicyclic amines) is 1. The number of ether oxygens (including phenoxy) is 1. The zero-order valence-corrected chi connectivity index (χ0v) is 14.4. The lowest BCUT2D eigenvalue weighted by atomic mass is 10.0. The van der Waals surface area contributed by atoms with E-state index >= 15 is 0 Å². The molecule has 3 aromatic rings. The van der Waals surface area contributed by atoms with Crippen molar-refractivity contribution in [2.24, 2.45) is 0 Å². The van der Waals surface area contributed by atoms with E-state index in [0.29, 0.717) is 18.7 Å². The number of hydrogen-bond acceptors (Lipinski definition) is 3. The third kappa shape index (κ3) is 3.20. The third-order valence-electron chi connectivity index (χ3n) is 4.80. The van der Waals surface area contributed by atoms with Gasteiger partial charge < -0.3 is 14.6 Å². The molecule has 0 unspecified atom stereocenters. The smallest absolute Gasteiger partial charge is 0.295 e. The van der Waals surface area contributed by atoms with Crippen LogP contribution >= 0.6 is 0 Å². The van der Waals surface area contributed by atoms with Gasteiger partial charge in [-0.15, -0.1) is 0 Å². The Morgan fingerprint density at radius 1 is 0.962 bits per heavy atom. The van der Waals surface area contributed by atoms with Crippen LogP contribution in [0.25, 0.3) is 10.9 Å². The number of hydrogen-bond donors (Lipinski definition) is 1. The largest absolute Gasteiger partial charge is 0.490 e. The number of para-hydroxylation sites is 2. The molecule has 0 aliphatic carbocycles. The molecule has 0 saturated carbocycles. The Morgan fingerprint density at radius 2 is 1.65 bits per heavy atom. The van der Waals surface area contributed by atoms with E-state index in [-0.39, 0.29) is 6.10 Å². The summed E-state index contributed by atoms with van der Waals surface area (Å²) in [5.41, 5.74) is 1.30. The molecule has 0 bridgehead atoms. The van der Waals surface area contributed by atoms with Crippen molar-refractivity contribution in [3.05, 3.63) is 66.4 Å². The number of nitrogens with zero attached hydrogens (tertiary/aromatic N) is 1. The summed E-state index contributed by atoms with van der Waals surface area (Å²) < 4.78 is 5.95. The fraction of sp³-hybridized carbons (Fsp3) is 0.238. The van der Waals surface area contributed by atoms with E-state index in [1.165, 1.54) is 0 Å². The summed E-state index contributed by atoms with van der Waals surface area (Å²) in [6.07, 6.45) is 3.14. The topological polar surface area (TPSA) is 62.4 Å². The summed E-state index contributed by atoms with van der Waals surface area (Å²) in [6.45, 7) is 1.06. The van der Waals surface area contributed by atoms with E-state index in [0.717, 1.165) is 29.5 Å². The molecular weight excluding hydrogens is 328 g/mol. The zero-order chi connectivity index (χ0) is 17.9. The first kappa shape index (κ1) is 16.4. The van der Waals surface area contributed by atoms with Gasteiger partial charge in [-0.25, -0.2) is 0 Å². The van der Waals surface area contributed by atoms with Gasteiger partial charge in [-0.2, -0.15) is 0 Å². The van der Waals surface area contributed by atoms with Crippen LogP contribution in [0, 0.1) is 0 Å². The molecule has 0 radical (unpaired) electrons. The predicted octanol–water partition coefficient (Wildman–Crippen LogP) is 3.42. The monoisotopic (exact) mass is 348 g/mol. The first-order chi connectivity index (χ1) is 12.7. The molecule has 132 valence electrons. The number of carbonyl (C=O) groups is 2. The van der Waals surface area contributed by atoms with Crippen LogP contribution in [0.2, 0.25) is 0 Å². The Morgan fingerprint density at radius 3 is 2.42 bits per heavy atom. The number of Topliss-reactive ketones (excluding diaryl/α,β-unsaturated/α-hetero) is 1. The van der Waals surface area contributed by atoms with Crippen LogP contribution in [-0.2, 0) is 4.79 Å². The minimum atomic E-state index is -0.454. The van der Waals surface area contributed by atoms with Crippen molar-refractivity contribution in [1.82, 2.24) is 9.88 Å². The molecule has 26 heavy (non-hydrogen) atoms. The molecule has 1 saturated heterocycles. The van der Waals surface area contributed by atoms with Gasteiger partial charge in [-0.05, 0) is 18.2 Å². The molecule has 5 heteroatoms. The van der Waals surface area contributed by atoms with Crippen LogP contribution in [0.1, 0.15) is 23.2 Å². The summed E-state index contributed by atoms with van der Waals surface area (Å²) in [4.78, 5) is 30.0. The molecule has 5 nitrogen and oxygen atoms in total. The van der Waals surface area contributed by atoms with Crippen LogP contribution in [0.4, 0.5) is 0 Å². The number of aromatic amines is 1. The second-order valence-corrected chi connectivity index (χ2v) is 6.50. The summed E-state index contributed by atoms with van der Waals surface area (Å²) >= 11 is 0.